The maximum absolute atomic E-state index is 12.4. The molecule has 0 atom stereocenters. The first-order valence-electron chi connectivity index (χ1n) is 7.61. The van der Waals surface area contributed by atoms with Gasteiger partial charge in [-0.05, 0) is 24.6 Å². The third-order valence-corrected chi connectivity index (χ3v) is 5.36. The zero-order valence-electron chi connectivity index (χ0n) is 13.6. The summed E-state index contributed by atoms with van der Waals surface area (Å²) < 4.78 is 27.5. The maximum atomic E-state index is 12.4. The Labute approximate surface area is 133 Å². The van der Waals surface area contributed by atoms with Gasteiger partial charge in [0.1, 0.15) is 0 Å². The number of aryl methyl sites for hydroxylation is 1. The van der Waals surface area contributed by atoms with Crippen LogP contribution in [0, 0.1) is 6.92 Å². The Bertz CT molecular complexity index is 596. The van der Waals surface area contributed by atoms with Gasteiger partial charge in [0, 0.05) is 59.1 Å². The molecule has 1 aliphatic heterocycles. The van der Waals surface area contributed by atoms with Crippen LogP contribution >= 0.6 is 0 Å². The van der Waals surface area contributed by atoms with E-state index in [9.17, 15) is 8.42 Å². The van der Waals surface area contributed by atoms with Crippen LogP contribution < -0.4 is 14.9 Å². The molecule has 7 heteroatoms. The van der Waals surface area contributed by atoms with Crippen molar-refractivity contribution in [3.05, 3.63) is 23.8 Å². The highest BCUT2D eigenvalue weighted by molar-refractivity contribution is 7.89. The number of sulfonamides is 1. The molecule has 0 bridgehead atoms. The van der Waals surface area contributed by atoms with E-state index >= 15 is 0 Å². The molecule has 0 saturated carbocycles. The van der Waals surface area contributed by atoms with E-state index in [0.29, 0.717) is 11.4 Å². The predicted molar refractivity (Wildman–Crippen MR) is 90.0 cm³/mol. The molecule has 124 valence electrons. The monoisotopic (exact) mass is 326 g/mol. The lowest BCUT2D eigenvalue weighted by Crippen LogP contribution is -2.46. The van der Waals surface area contributed by atoms with Gasteiger partial charge < -0.3 is 10.2 Å². The van der Waals surface area contributed by atoms with Crippen molar-refractivity contribution >= 4 is 15.7 Å². The number of rotatable bonds is 6. The summed E-state index contributed by atoms with van der Waals surface area (Å²) >= 11 is 0. The Balaban J connectivity index is 1.99. The van der Waals surface area contributed by atoms with Gasteiger partial charge in [-0.25, -0.2) is 13.1 Å². The van der Waals surface area contributed by atoms with Crippen LogP contribution in [-0.4, -0.2) is 66.7 Å². The molecule has 1 saturated heterocycles. The standard InChI is InChI=1S/C15H26N4O2S/c1-13-4-5-14(12-15(13)18(2)3)22(20,21)17-8-11-19-9-6-16-7-10-19/h4-5,12,16-17H,6-11H2,1-3H3. The third-order valence-electron chi connectivity index (χ3n) is 3.90. The Hall–Kier alpha value is -1.15. The minimum Gasteiger partial charge on any atom is -0.377 e. The van der Waals surface area contributed by atoms with Crippen LogP contribution in [0.3, 0.4) is 0 Å². The topological polar surface area (TPSA) is 64.7 Å². The van der Waals surface area contributed by atoms with Gasteiger partial charge in [0.05, 0.1) is 4.90 Å². The fourth-order valence-electron chi connectivity index (χ4n) is 2.59. The highest BCUT2D eigenvalue weighted by Gasteiger charge is 2.16. The largest absolute Gasteiger partial charge is 0.377 e. The zero-order chi connectivity index (χ0) is 16.2. The van der Waals surface area contributed by atoms with Gasteiger partial charge >= 0.3 is 0 Å². The maximum Gasteiger partial charge on any atom is 0.240 e. The molecule has 1 aromatic rings. The van der Waals surface area contributed by atoms with Crippen molar-refractivity contribution in [3.63, 3.8) is 0 Å². The van der Waals surface area contributed by atoms with Gasteiger partial charge in [0.15, 0.2) is 0 Å². The van der Waals surface area contributed by atoms with E-state index < -0.39 is 10.0 Å². The summed E-state index contributed by atoms with van der Waals surface area (Å²) in [6.45, 7) is 7.03. The van der Waals surface area contributed by atoms with E-state index in [1.807, 2.05) is 32.0 Å². The second kappa shape index (κ2) is 7.41. The zero-order valence-corrected chi connectivity index (χ0v) is 14.4. The van der Waals surface area contributed by atoms with Crippen molar-refractivity contribution < 1.29 is 8.42 Å². The molecule has 0 spiro atoms. The fourth-order valence-corrected chi connectivity index (χ4v) is 3.64. The lowest BCUT2D eigenvalue weighted by molar-refractivity contribution is 0.245. The van der Waals surface area contributed by atoms with Crippen molar-refractivity contribution in [2.75, 3.05) is 58.3 Å². The molecule has 2 rings (SSSR count). The van der Waals surface area contributed by atoms with Crippen molar-refractivity contribution in [2.45, 2.75) is 11.8 Å². The lowest BCUT2D eigenvalue weighted by atomic mass is 10.2. The summed E-state index contributed by atoms with van der Waals surface area (Å²) in [6, 6.07) is 5.23. The Kier molecular flexibility index (Phi) is 5.80. The number of nitrogens with zero attached hydrogens (tertiary/aromatic N) is 2. The van der Waals surface area contributed by atoms with E-state index in [1.165, 1.54) is 0 Å². The number of piperazine rings is 1. The molecule has 0 amide bonds. The molecular weight excluding hydrogens is 300 g/mol. The fraction of sp³-hybridized carbons (Fsp3) is 0.600. The molecule has 1 aromatic carbocycles. The number of benzene rings is 1. The number of nitrogens with one attached hydrogen (secondary N) is 2. The average molecular weight is 326 g/mol. The van der Waals surface area contributed by atoms with Crippen LogP contribution in [0.4, 0.5) is 5.69 Å². The van der Waals surface area contributed by atoms with E-state index in [4.69, 9.17) is 0 Å². The quantitative estimate of drug-likeness (QED) is 0.784. The summed E-state index contributed by atoms with van der Waals surface area (Å²) in [6.07, 6.45) is 0. The highest BCUT2D eigenvalue weighted by atomic mass is 32.2. The molecule has 0 aromatic heterocycles. The first kappa shape index (κ1) is 17.2. The predicted octanol–water partition coefficient (Wildman–Crippen LogP) is 0.245. The summed E-state index contributed by atoms with van der Waals surface area (Å²) in [5, 5.41) is 3.28. The third kappa shape index (κ3) is 4.42. The normalized spacial score (nSPS) is 16.7. The minimum atomic E-state index is -3.45. The molecule has 0 radical (unpaired) electrons. The Morgan fingerprint density at radius 1 is 1.27 bits per heavy atom. The molecule has 6 nitrogen and oxygen atoms in total. The van der Waals surface area contributed by atoms with E-state index in [1.54, 1.807) is 12.1 Å². The van der Waals surface area contributed by atoms with Gasteiger partial charge in [-0.2, -0.15) is 0 Å². The van der Waals surface area contributed by atoms with E-state index in [0.717, 1.165) is 44.0 Å². The number of anilines is 1. The molecule has 1 heterocycles. The summed E-state index contributed by atoms with van der Waals surface area (Å²) in [5.41, 5.74) is 1.98. The molecule has 22 heavy (non-hydrogen) atoms. The summed E-state index contributed by atoms with van der Waals surface area (Å²) in [7, 11) is 0.374. The molecular formula is C15H26N4O2S. The van der Waals surface area contributed by atoms with Crippen molar-refractivity contribution in [2.24, 2.45) is 0 Å². The second-order valence-electron chi connectivity index (χ2n) is 5.83. The summed E-state index contributed by atoms with van der Waals surface area (Å²) in [5.74, 6) is 0. The van der Waals surface area contributed by atoms with Gasteiger partial charge in [0.25, 0.3) is 0 Å². The average Bonchev–Trinajstić information content (AvgIpc) is 2.48. The van der Waals surface area contributed by atoms with Gasteiger partial charge in [0.2, 0.25) is 10.0 Å². The summed E-state index contributed by atoms with van der Waals surface area (Å²) in [4.78, 5) is 4.51. The molecule has 1 aliphatic rings. The van der Waals surface area contributed by atoms with Crippen LogP contribution in [-0.2, 0) is 10.0 Å². The minimum absolute atomic E-state index is 0.321. The lowest BCUT2D eigenvalue weighted by Gasteiger charge is -2.27. The number of hydrogen-bond donors (Lipinski definition) is 2. The second-order valence-corrected chi connectivity index (χ2v) is 7.60. The Morgan fingerprint density at radius 3 is 2.59 bits per heavy atom. The van der Waals surface area contributed by atoms with Gasteiger partial charge in [-0.3, -0.25) is 4.90 Å². The van der Waals surface area contributed by atoms with Gasteiger partial charge in [-0.15, -0.1) is 0 Å². The smallest absolute Gasteiger partial charge is 0.240 e. The first-order valence-corrected chi connectivity index (χ1v) is 9.09. The van der Waals surface area contributed by atoms with Gasteiger partial charge in [-0.1, -0.05) is 6.07 Å². The SMILES string of the molecule is Cc1ccc(S(=O)(=O)NCCN2CCNCC2)cc1N(C)C. The van der Waals surface area contributed by atoms with Crippen LogP contribution in [0.5, 0.6) is 0 Å². The van der Waals surface area contributed by atoms with Crippen molar-refractivity contribution in [1.29, 1.82) is 0 Å². The highest BCUT2D eigenvalue weighted by Crippen LogP contribution is 2.22. The first-order chi connectivity index (χ1) is 10.4. The van der Waals surface area contributed by atoms with E-state index in [-0.39, 0.29) is 0 Å². The van der Waals surface area contributed by atoms with Crippen molar-refractivity contribution in [3.8, 4) is 0 Å². The van der Waals surface area contributed by atoms with Crippen LogP contribution in [0.1, 0.15) is 5.56 Å². The van der Waals surface area contributed by atoms with Crippen LogP contribution in [0.2, 0.25) is 0 Å². The van der Waals surface area contributed by atoms with Crippen molar-refractivity contribution in [1.82, 2.24) is 14.9 Å². The molecule has 0 aliphatic carbocycles. The van der Waals surface area contributed by atoms with E-state index in [2.05, 4.69) is 14.9 Å². The molecule has 2 N–H and O–H groups in total. The molecule has 0 unspecified atom stereocenters. The Morgan fingerprint density at radius 2 is 1.95 bits per heavy atom. The van der Waals surface area contributed by atoms with Crippen LogP contribution in [0.15, 0.2) is 23.1 Å². The number of hydrogen-bond acceptors (Lipinski definition) is 5. The van der Waals surface area contributed by atoms with Crippen LogP contribution in [0.25, 0.3) is 0 Å². The molecule has 1 fully saturated rings.